The maximum absolute atomic E-state index is 13.3. The molecule has 182 valence electrons. The summed E-state index contributed by atoms with van der Waals surface area (Å²) in [5.41, 5.74) is 1.75. The number of hydrogen-bond donors (Lipinski definition) is 1. The lowest BCUT2D eigenvalue weighted by atomic mass is 9.84. The van der Waals surface area contributed by atoms with Crippen molar-refractivity contribution in [3.63, 3.8) is 0 Å². The quantitative estimate of drug-likeness (QED) is 0.678. The Morgan fingerprint density at radius 2 is 1.85 bits per heavy atom. The van der Waals surface area contributed by atoms with Crippen LogP contribution in [0.25, 0.3) is 0 Å². The van der Waals surface area contributed by atoms with E-state index in [2.05, 4.69) is 5.32 Å². The predicted octanol–water partition coefficient (Wildman–Crippen LogP) is 3.07. The summed E-state index contributed by atoms with van der Waals surface area (Å²) in [5.74, 6) is 0.673. The van der Waals surface area contributed by atoms with Gasteiger partial charge in [-0.1, -0.05) is 6.42 Å². The van der Waals surface area contributed by atoms with E-state index in [0.29, 0.717) is 44.7 Å². The highest BCUT2D eigenvalue weighted by Gasteiger charge is 2.38. The van der Waals surface area contributed by atoms with E-state index in [1.807, 2.05) is 11.8 Å². The van der Waals surface area contributed by atoms with Crippen LogP contribution in [0, 0.1) is 11.8 Å². The number of amides is 2. The van der Waals surface area contributed by atoms with Crippen molar-refractivity contribution in [1.29, 1.82) is 0 Å². The van der Waals surface area contributed by atoms with Crippen LogP contribution < -0.4 is 10.2 Å². The zero-order chi connectivity index (χ0) is 23.9. The van der Waals surface area contributed by atoms with Gasteiger partial charge >= 0.3 is 0 Å². The standard InChI is InChI=1S/C25H31N3O5S/c1-17-14-20-15-22(7-8-23(20)28(17)25(30)19-4-2-5-19)34(31,32)27-11-9-18(10-12-27)24(29)26-16-21-6-3-13-33-21/h3,6-8,13,15,17-19H,2,4-5,9-12,14,16H2,1H3,(H,26,29)/t17-/m0/s1. The second-order valence-electron chi connectivity index (χ2n) is 9.66. The van der Waals surface area contributed by atoms with Gasteiger partial charge in [-0.05, 0) is 74.9 Å². The van der Waals surface area contributed by atoms with Gasteiger partial charge in [0.05, 0.1) is 17.7 Å². The third kappa shape index (κ3) is 4.27. The second kappa shape index (κ2) is 9.19. The molecule has 2 amide bonds. The van der Waals surface area contributed by atoms with E-state index in [1.54, 1.807) is 36.6 Å². The summed E-state index contributed by atoms with van der Waals surface area (Å²) in [6, 6.07) is 8.75. The molecule has 0 spiro atoms. The lowest BCUT2D eigenvalue weighted by molar-refractivity contribution is -0.126. The monoisotopic (exact) mass is 485 g/mol. The Morgan fingerprint density at radius 3 is 2.50 bits per heavy atom. The van der Waals surface area contributed by atoms with E-state index < -0.39 is 10.0 Å². The van der Waals surface area contributed by atoms with Gasteiger partial charge in [-0.25, -0.2) is 8.42 Å². The molecule has 3 aliphatic rings. The summed E-state index contributed by atoms with van der Waals surface area (Å²) >= 11 is 0. The van der Waals surface area contributed by atoms with E-state index >= 15 is 0 Å². The minimum Gasteiger partial charge on any atom is -0.467 e. The number of anilines is 1. The van der Waals surface area contributed by atoms with Gasteiger partial charge in [-0.3, -0.25) is 9.59 Å². The first-order chi connectivity index (χ1) is 16.3. The Hall–Kier alpha value is -2.65. The van der Waals surface area contributed by atoms with Gasteiger partial charge < -0.3 is 14.6 Å². The van der Waals surface area contributed by atoms with Crippen LogP contribution in [-0.2, 0) is 32.6 Å². The molecular weight excluding hydrogens is 454 g/mol. The predicted molar refractivity (Wildman–Crippen MR) is 126 cm³/mol. The molecule has 0 radical (unpaired) electrons. The molecule has 9 heteroatoms. The van der Waals surface area contributed by atoms with Gasteiger partial charge in [0.25, 0.3) is 0 Å². The summed E-state index contributed by atoms with van der Waals surface area (Å²) in [5, 5.41) is 2.87. The Kier molecular flexibility index (Phi) is 6.24. The van der Waals surface area contributed by atoms with Crippen LogP contribution in [0.3, 0.4) is 0 Å². The fourth-order valence-electron chi connectivity index (χ4n) is 5.19. The van der Waals surface area contributed by atoms with Crippen LogP contribution in [-0.4, -0.2) is 43.7 Å². The Morgan fingerprint density at radius 1 is 1.09 bits per heavy atom. The molecule has 0 bridgehead atoms. The molecule has 1 aliphatic carbocycles. The largest absolute Gasteiger partial charge is 0.467 e. The van der Waals surface area contributed by atoms with Gasteiger partial charge in [-0.15, -0.1) is 0 Å². The van der Waals surface area contributed by atoms with Crippen LogP contribution in [0.2, 0.25) is 0 Å². The van der Waals surface area contributed by atoms with E-state index in [4.69, 9.17) is 4.42 Å². The maximum atomic E-state index is 13.3. The molecule has 1 aromatic heterocycles. The first-order valence-electron chi connectivity index (χ1n) is 12.1. The van der Waals surface area contributed by atoms with Crippen molar-refractivity contribution in [2.45, 2.75) is 62.9 Å². The fraction of sp³-hybridized carbons (Fsp3) is 0.520. The average Bonchev–Trinajstić information content (AvgIpc) is 3.42. The van der Waals surface area contributed by atoms with Crippen molar-refractivity contribution in [3.05, 3.63) is 47.9 Å². The third-order valence-electron chi connectivity index (χ3n) is 7.44. The zero-order valence-electron chi connectivity index (χ0n) is 19.4. The second-order valence-corrected chi connectivity index (χ2v) is 11.6. The summed E-state index contributed by atoms with van der Waals surface area (Å²) < 4.78 is 33.4. The highest BCUT2D eigenvalue weighted by Crippen LogP contribution is 2.38. The van der Waals surface area contributed by atoms with Crippen molar-refractivity contribution < 1.29 is 22.4 Å². The number of benzene rings is 1. The smallest absolute Gasteiger partial charge is 0.243 e. The topological polar surface area (TPSA) is 99.9 Å². The Bertz CT molecular complexity index is 1170. The van der Waals surface area contributed by atoms with Gasteiger partial charge in [0.2, 0.25) is 21.8 Å². The van der Waals surface area contributed by atoms with Crippen LogP contribution in [0.1, 0.15) is 50.4 Å². The Labute approximate surface area is 200 Å². The average molecular weight is 486 g/mol. The highest BCUT2D eigenvalue weighted by molar-refractivity contribution is 7.89. The molecule has 5 rings (SSSR count). The maximum Gasteiger partial charge on any atom is 0.243 e. The molecule has 34 heavy (non-hydrogen) atoms. The van der Waals surface area contributed by atoms with Crippen molar-refractivity contribution >= 4 is 27.5 Å². The van der Waals surface area contributed by atoms with Gasteiger partial charge in [0.15, 0.2) is 0 Å². The SMILES string of the molecule is C[C@H]1Cc2cc(S(=O)(=O)N3CCC(C(=O)NCc4ccco4)CC3)ccc2N1C(=O)C1CCC1. The normalized spacial score (nSPS) is 21.8. The van der Waals surface area contributed by atoms with Gasteiger partial charge in [0, 0.05) is 36.7 Å². The van der Waals surface area contributed by atoms with Gasteiger partial charge in [-0.2, -0.15) is 4.31 Å². The molecule has 1 atom stereocenters. The lowest BCUT2D eigenvalue weighted by Crippen LogP contribution is -2.43. The molecule has 1 saturated heterocycles. The number of nitrogens with one attached hydrogen (secondary N) is 1. The van der Waals surface area contributed by atoms with E-state index in [1.165, 1.54) is 4.31 Å². The summed E-state index contributed by atoms with van der Waals surface area (Å²) in [6.45, 7) is 2.96. The molecule has 2 fully saturated rings. The fourth-order valence-corrected chi connectivity index (χ4v) is 6.72. The number of sulfonamides is 1. The molecule has 2 aliphatic heterocycles. The number of rotatable bonds is 6. The summed E-state index contributed by atoms with van der Waals surface area (Å²) in [4.78, 5) is 27.5. The van der Waals surface area contributed by atoms with Crippen molar-refractivity contribution in [2.75, 3.05) is 18.0 Å². The van der Waals surface area contributed by atoms with Crippen LogP contribution in [0.15, 0.2) is 45.9 Å². The minimum atomic E-state index is -3.66. The first-order valence-corrected chi connectivity index (χ1v) is 13.5. The molecule has 8 nitrogen and oxygen atoms in total. The molecule has 1 aromatic carbocycles. The lowest BCUT2D eigenvalue weighted by Gasteiger charge is -2.32. The summed E-state index contributed by atoms with van der Waals surface area (Å²) in [6.07, 6.45) is 6.18. The van der Waals surface area contributed by atoms with Gasteiger partial charge in [0.1, 0.15) is 5.76 Å². The van der Waals surface area contributed by atoms with E-state index in [9.17, 15) is 18.0 Å². The number of furan rings is 1. The van der Waals surface area contributed by atoms with Crippen LogP contribution in [0.5, 0.6) is 0 Å². The number of carbonyl (C=O) groups is 2. The van der Waals surface area contributed by atoms with Crippen LogP contribution >= 0.6 is 0 Å². The number of carbonyl (C=O) groups excluding carboxylic acids is 2. The number of piperidine rings is 1. The molecule has 3 heterocycles. The molecule has 1 saturated carbocycles. The Balaban J connectivity index is 1.23. The number of fused-ring (bicyclic) bond motifs is 1. The van der Waals surface area contributed by atoms with E-state index in [0.717, 1.165) is 30.5 Å². The van der Waals surface area contributed by atoms with E-state index in [-0.39, 0.29) is 34.6 Å². The minimum absolute atomic E-state index is 0.0384. The first kappa shape index (κ1) is 23.1. The number of nitrogens with zero attached hydrogens (tertiary/aromatic N) is 2. The zero-order valence-corrected chi connectivity index (χ0v) is 20.2. The highest BCUT2D eigenvalue weighted by atomic mass is 32.2. The molecule has 1 N–H and O–H groups in total. The van der Waals surface area contributed by atoms with Crippen molar-refractivity contribution in [2.24, 2.45) is 11.8 Å². The number of hydrogen-bond acceptors (Lipinski definition) is 5. The third-order valence-corrected chi connectivity index (χ3v) is 9.33. The molecule has 2 aromatic rings. The molecule has 0 unspecified atom stereocenters. The van der Waals surface area contributed by atoms with Crippen molar-refractivity contribution in [3.8, 4) is 0 Å². The molecular formula is C25H31N3O5S. The summed E-state index contributed by atoms with van der Waals surface area (Å²) in [7, 11) is -3.66. The van der Waals surface area contributed by atoms with Crippen molar-refractivity contribution in [1.82, 2.24) is 9.62 Å². The van der Waals surface area contributed by atoms with Crippen LogP contribution in [0.4, 0.5) is 5.69 Å².